The summed E-state index contributed by atoms with van der Waals surface area (Å²) in [6.07, 6.45) is 0. The molecule has 4 nitrogen and oxygen atoms in total. The predicted octanol–water partition coefficient (Wildman–Crippen LogP) is 5.31. The summed E-state index contributed by atoms with van der Waals surface area (Å²) in [5.74, 6) is 1.49. The minimum atomic E-state index is -0.668. The van der Waals surface area contributed by atoms with Gasteiger partial charge in [-0.2, -0.15) is 0 Å². The molecular weight excluding hydrogens is 421 g/mol. The maximum atomic E-state index is 10.6. The van der Waals surface area contributed by atoms with Crippen LogP contribution >= 0.6 is 23.2 Å². The lowest BCUT2D eigenvalue weighted by Crippen LogP contribution is -2.38. The highest BCUT2D eigenvalue weighted by atomic mass is 35.5. The van der Waals surface area contributed by atoms with Crippen LogP contribution in [0.2, 0.25) is 10.0 Å². The van der Waals surface area contributed by atoms with E-state index in [1.807, 2.05) is 60.7 Å². The second kappa shape index (κ2) is 8.38. The smallest absolute Gasteiger partial charge is 0.127 e. The van der Waals surface area contributed by atoms with Crippen LogP contribution in [-0.4, -0.2) is 32.5 Å². The Morgan fingerprint density at radius 3 is 2.47 bits per heavy atom. The maximum absolute atomic E-state index is 10.6. The molecule has 6 heteroatoms. The van der Waals surface area contributed by atoms with E-state index in [1.165, 1.54) is 0 Å². The number of ether oxygens (including phenoxy) is 2. The molecule has 1 aliphatic heterocycles. The molecule has 3 aromatic rings. The number of halogens is 2. The monoisotopic (exact) mass is 443 g/mol. The van der Waals surface area contributed by atoms with E-state index in [4.69, 9.17) is 32.7 Å². The van der Waals surface area contributed by atoms with E-state index >= 15 is 0 Å². The van der Waals surface area contributed by atoms with Crippen molar-refractivity contribution in [2.45, 2.75) is 12.0 Å². The molecule has 3 aromatic carbocycles. The van der Waals surface area contributed by atoms with Crippen LogP contribution in [0.5, 0.6) is 11.5 Å². The van der Waals surface area contributed by atoms with Gasteiger partial charge in [-0.05, 0) is 47.5 Å². The highest BCUT2D eigenvalue weighted by Crippen LogP contribution is 2.48. The van der Waals surface area contributed by atoms with Gasteiger partial charge < -0.3 is 19.5 Å². The Morgan fingerprint density at radius 1 is 0.967 bits per heavy atom. The highest BCUT2D eigenvalue weighted by Gasteiger charge is 2.45. The molecule has 1 aliphatic rings. The molecule has 0 amide bonds. The first-order valence-corrected chi connectivity index (χ1v) is 10.4. The lowest BCUT2D eigenvalue weighted by atomic mass is 9.76. The Balaban J connectivity index is 1.80. The summed E-state index contributed by atoms with van der Waals surface area (Å²) in [7, 11) is 3.28. The van der Waals surface area contributed by atoms with Crippen LogP contribution < -0.4 is 14.4 Å². The van der Waals surface area contributed by atoms with Gasteiger partial charge in [0, 0.05) is 40.5 Å². The van der Waals surface area contributed by atoms with E-state index in [0.29, 0.717) is 23.1 Å². The van der Waals surface area contributed by atoms with Gasteiger partial charge in [0.1, 0.15) is 11.5 Å². The van der Waals surface area contributed by atoms with Gasteiger partial charge >= 0.3 is 0 Å². The summed E-state index contributed by atoms with van der Waals surface area (Å²) in [6, 6.07) is 19.3. The lowest BCUT2D eigenvalue weighted by molar-refractivity contribution is 0.228. The molecular formula is C24H23Cl2NO3. The Bertz CT molecular complexity index is 1070. The number of aliphatic hydroxyl groups excluding tert-OH is 1. The number of hydrogen-bond donors (Lipinski definition) is 1. The minimum absolute atomic E-state index is 0.0830. The van der Waals surface area contributed by atoms with Crippen LogP contribution in [0.4, 0.5) is 5.69 Å². The van der Waals surface area contributed by atoms with Crippen LogP contribution in [-0.2, 0) is 12.0 Å². The maximum Gasteiger partial charge on any atom is 0.127 e. The largest absolute Gasteiger partial charge is 0.497 e. The number of hydrogen-bond acceptors (Lipinski definition) is 4. The van der Waals surface area contributed by atoms with E-state index in [9.17, 15) is 5.11 Å². The first-order chi connectivity index (χ1) is 14.5. The summed E-state index contributed by atoms with van der Waals surface area (Å²) in [5.41, 5.74) is 3.23. The van der Waals surface area contributed by atoms with Gasteiger partial charge in [0.25, 0.3) is 0 Å². The van der Waals surface area contributed by atoms with Crippen LogP contribution in [0.1, 0.15) is 16.7 Å². The normalized spacial score (nSPS) is 17.7. The molecule has 1 heterocycles. The van der Waals surface area contributed by atoms with E-state index in [-0.39, 0.29) is 6.61 Å². The van der Waals surface area contributed by atoms with Crippen LogP contribution in [0.15, 0.2) is 60.7 Å². The molecule has 1 unspecified atom stereocenters. The third-order valence-electron chi connectivity index (χ3n) is 5.79. The molecule has 30 heavy (non-hydrogen) atoms. The van der Waals surface area contributed by atoms with Crippen LogP contribution in [0.3, 0.4) is 0 Å². The molecule has 0 radical (unpaired) electrons. The molecule has 156 valence electrons. The summed E-state index contributed by atoms with van der Waals surface area (Å²) < 4.78 is 10.9. The molecule has 4 rings (SSSR count). The quantitative estimate of drug-likeness (QED) is 0.560. The predicted molar refractivity (Wildman–Crippen MR) is 121 cm³/mol. The highest BCUT2D eigenvalue weighted by molar-refractivity contribution is 6.31. The average Bonchev–Trinajstić information content (AvgIpc) is 3.07. The zero-order chi connectivity index (χ0) is 21.3. The molecule has 0 bridgehead atoms. The topological polar surface area (TPSA) is 41.9 Å². The first kappa shape index (κ1) is 20.9. The summed E-state index contributed by atoms with van der Waals surface area (Å²) in [5, 5.41) is 11.9. The number of methoxy groups -OCH3 is 2. The number of nitrogens with zero attached hydrogens (tertiary/aromatic N) is 1. The fourth-order valence-electron chi connectivity index (χ4n) is 4.29. The van der Waals surface area contributed by atoms with Gasteiger partial charge in [-0.3, -0.25) is 0 Å². The van der Waals surface area contributed by atoms with Crippen LogP contribution in [0, 0.1) is 0 Å². The molecule has 1 N–H and O–H groups in total. The zero-order valence-electron chi connectivity index (χ0n) is 16.9. The SMILES string of the molecule is COc1ccc(CN2CC(CO)(c3ccccc3Cl)c3cc(Cl)ccc32)c(OC)c1. The number of anilines is 1. The Hall–Kier alpha value is -2.40. The van der Waals surface area contributed by atoms with E-state index in [0.717, 1.165) is 33.9 Å². The zero-order valence-corrected chi connectivity index (χ0v) is 18.4. The second-order valence-corrected chi connectivity index (χ2v) is 8.26. The van der Waals surface area contributed by atoms with Crippen molar-refractivity contribution in [2.24, 2.45) is 0 Å². The molecule has 0 saturated carbocycles. The van der Waals surface area contributed by atoms with Gasteiger partial charge in [-0.15, -0.1) is 0 Å². The third-order valence-corrected chi connectivity index (χ3v) is 6.36. The van der Waals surface area contributed by atoms with Gasteiger partial charge in [-0.1, -0.05) is 41.4 Å². The standard InChI is InChI=1S/C24H23Cl2NO3/c1-29-18-9-7-16(23(12-18)30-2)13-27-14-24(15-28,19-5-3-4-6-21(19)26)20-11-17(25)8-10-22(20)27/h3-12,28H,13-15H2,1-2H3. The van der Waals surface area contributed by atoms with Crippen molar-refractivity contribution in [2.75, 3.05) is 32.3 Å². The van der Waals surface area contributed by atoms with Crippen molar-refractivity contribution in [3.8, 4) is 11.5 Å². The van der Waals surface area contributed by atoms with Crippen molar-refractivity contribution in [1.29, 1.82) is 0 Å². The van der Waals surface area contributed by atoms with Crippen molar-refractivity contribution in [3.05, 3.63) is 87.4 Å². The van der Waals surface area contributed by atoms with Crippen molar-refractivity contribution in [3.63, 3.8) is 0 Å². The molecule has 0 fully saturated rings. The van der Waals surface area contributed by atoms with Crippen molar-refractivity contribution in [1.82, 2.24) is 0 Å². The summed E-state index contributed by atoms with van der Waals surface area (Å²) in [4.78, 5) is 2.23. The third kappa shape index (κ3) is 3.49. The Labute approximate surface area is 186 Å². The van der Waals surface area contributed by atoms with Gasteiger partial charge in [-0.25, -0.2) is 0 Å². The van der Waals surface area contributed by atoms with Crippen LogP contribution in [0.25, 0.3) is 0 Å². The average molecular weight is 444 g/mol. The lowest BCUT2D eigenvalue weighted by Gasteiger charge is -2.30. The molecule has 0 aliphatic carbocycles. The Kier molecular flexibility index (Phi) is 5.83. The van der Waals surface area contributed by atoms with Gasteiger partial charge in [0.15, 0.2) is 0 Å². The van der Waals surface area contributed by atoms with E-state index in [1.54, 1.807) is 14.2 Å². The van der Waals surface area contributed by atoms with Gasteiger partial charge in [0.2, 0.25) is 0 Å². The summed E-state index contributed by atoms with van der Waals surface area (Å²) in [6.45, 7) is 1.09. The number of aliphatic hydroxyl groups is 1. The number of benzene rings is 3. The summed E-state index contributed by atoms with van der Waals surface area (Å²) >= 11 is 12.9. The number of fused-ring (bicyclic) bond motifs is 1. The second-order valence-electron chi connectivity index (χ2n) is 7.42. The molecule has 1 atom stereocenters. The molecule has 0 spiro atoms. The fourth-order valence-corrected chi connectivity index (χ4v) is 4.78. The molecule has 0 saturated heterocycles. The van der Waals surface area contributed by atoms with E-state index < -0.39 is 5.41 Å². The van der Waals surface area contributed by atoms with E-state index in [2.05, 4.69) is 4.90 Å². The first-order valence-electron chi connectivity index (χ1n) is 9.64. The molecule has 0 aromatic heterocycles. The fraction of sp³-hybridized carbons (Fsp3) is 0.250. The Morgan fingerprint density at radius 2 is 1.77 bits per heavy atom. The van der Waals surface area contributed by atoms with Gasteiger partial charge in [0.05, 0.1) is 26.2 Å². The van der Waals surface area contributed by atoms with Crippen molar-refractivity contribution >= 4 is 28.9 Å². The minimum Gasteiger partial charge on any atom is -0.497 e. The van der Waals surface area contributed by atoms with Crippen molar-refractivity contribution < 1.29 is 14.6 Å². The number of rotatable bonds is 6.